The minimum Gasteiger partial charge on any atom is -0.356 e. The monoisotopic (exact) mass is 357 g/mol. The fraction of sp³-hybridized carbons (Fsp3) is 0.529. The highest BCUT2D eigenvalue weighted by atomic mass is 19.4. The normalized spacial score (nSPS) is 19.4. The molecule has 2 unspecified atom stereocenters. The molecule has 1 aliphatic rings. The maximum atomic E-state index is 13.4. The van der Waals surface area contributed by atoms with Crippen molar-refractivity contribution in [2.75, 3.05) is 6.54 Å². The van der Waals surface area contributed by atoms with E-state index in [1.807, 2.05) is 6.92 Å². The van der Waals surface area contributed by atoms with Crippen molar-refractivity contribution in [3.8, 4) is 0 Å². The quantitative estimate of drug-likeness (QED) is 0.834. The second-order valence-corrected chi connectivity index (χ2v) is 6.50. The minimum atomic E-state index is -4.40. The molecule has 1 amide bonds. The average Bonchev–Trinajstić information content (AvgIpc) is 3.06. The molecule has 0 radical (unpaired) electrons. The van der Waals surface area contributed by atoms with E-state index in [2.05, 4.69) is 10.3 Å². The van der Waals surface area contributed by atoms with Crippen molar-refractivity contribution in [3.05, 3.63) is 29.8 Å². The summed E-state index contributed by atoms with van der Waals surface area (Å²) < 4.78 is 53.7. The highest BCUT2D eigenvalue weighted by Gasteiger charge is 2.33. The number of amides is 1. The first-order valence-electron chi connectivity index (χ1n) is 8.25. The van der Waals surface area contributed by atoms with E-state index in [1.54, 1.807) is 0 Å². The van der Waals surface area contributed by atoms with Crippen molar-refractivity contribution in [2.24, 2.45) is 11.8 Å². The van der Waals surface area contributed by atoms with Gasteiger partial charge >= 0.3 is 6.18 Å². The lowest BCUT2D eigenvalue weighted by Gasteiger charge is -2.23. The molecule has 4 nitrogen and oxygen atoms in total. The fourth-order valence-corrected chi connectivity index (χ4v) is 3.48. The first-order valence-corrected chi connectivity index (χ1v) is 8.25. The van der Waals surface area contributed by atoms with Crippen molar-refractivity contribution < 1.29 is 22.4 Å². The van der Waals surface area contributed by atoms with Gasteiger partial charge in [0.25, 0.3) is 0 Å². The smallest absolute Gasteiger partial charge is 0.356 e. The third kappa shape index (κ3) is 3.93. The molecule has 1 aromatic heterocycles. The number of rotatable bonds is 5. The molecule has 8 heteroatoms. The second-order valence-electron chi connectivity index (χ2n) is 6.50. The van der Waals surface area contributed by atoms with E-state index in [0.29, 0.717) is 25.0 Å². The number of imidazole rings is 1. The van der Waals surface area contributed by atoms with E-state index >= 15 is 0 Å². The Labute approximate surface area is 142 Å². The van der Waals surface area contributed by atoms with Gasteiger partial charge in [0.05, 0.1) is 11.0 Å². The molecule has 2 heterocycles. The predicted molar refractivity (Wildman–Crippen MR) is 84.3 cm³/mol. The third-order valence-electron chi connectivity index (χ3n) is 4.77. The Bertz CT molecular complexity index is 784. The van der Waals surface area contributed by atoms with Crippen LogP contribution in [0.3, 0.4) is 0 Å². The summed E-state index contributed by atoms with van der Waals surface area (Å²) in [5, 5.41) is 2.77. The minimum absolute atomic E-state index is 0.0310. The Morgan fingerprint density at radius 2 is 2.16 bits per heavy atom. The van der Waals surface area contributed by atoms with Gasteiger partial charge < -0.3 is 9.88 Å². The molecule has 0 aliphatic carbocycles. The van der Waals surface area contributed by atoms with Gasteiger partial charge in [-0.25, -0.2) is 9.37 Å². The maximum absolute atomic E-state index is 13.4. The summed E-state index contributed by atoms with van der Waals surface area (Å²) >= 11 is 0. The number of benzene rings is 1. The zero-order valence-electron chi connectivity index (χ0n) is 13.7. The van der Waals surface area contributed by atoms with Crippen LogP contribution in [0.15, 0.2) is 18.2 Å². The molecule has 1 fully saturated rings. The van der Waals surface area contributed by atoms with Crippen molar-refractivity contribution in [2.45, 2.75) is 38.9 Å². The molecule has 2 aromatic rings. The lowest BCUT2D eigenvalue weighted by atomic mass is 9.89. The van der Waals surface area contributed by atoms with Crippen LogP contribution < -0.4 is 5.32 Å². The van der Waals surface area contributed by atoms with Crippen LogP contribution in [0.5, 0.6) is 0 Å². The largest absolute Gasteiger partial charge is 0.396 e. The number of nitrogens with one attached hydrogen (secondary N) is 1. The van der Waals surface area contributed by atoms with Crippen molar-refractivity contribution in [1.29, 1.82) is 0 Å². The highest BCUT2D eigenvalue weighted by molar-refractivity contribution is 5.78. The van der Waals surface area contributed by atoms with Gasteiger partial charge in [-0.05, 0) is 24.0 Å². The number of halogens is 4. The average molecular weight is 357 g/mol. The molecule has 25 heavy (non-hydrogen) atoms. The van der Waals surface area contributed by atoms with E-state index in [4.69, 9.17) is 0 Å². The number of carbonyl (C=O) groups excluding carboxylic acids is 1. The lowest BCUT2D eigenvalue weighted by molar-refractivity contribution is -0.129. The highest BCUT2D eigenvalue weighted by Crippen LogP contribution is 2.29. The Hall–Kier alpha value is -2.12. The summed E-state index contributed by atoms with van der Waals surface area (Å²) in [6.45, 7) is 2.81. The van der Waals surface area contributed by atoms with Gasteiger partial charge in [0.2, 0.25) is 5.91 Å². The Morgan fingerprint density at radius 1 is 1.40 bits per heavy atom. The first-order chi connectivity index (χ1) is 11.8. The van der Waals surface area contributed by atoms with Crippen LogP contribution in [0, 0.1) is 17.7 Å². The van der Waals surface area contributed by atoms with Gasteiger partial charge in [-0.3, -0.25) is 4.79 Å². The fourth-order valence-electron chi connectivity index (χ4n) is 3.48. The van der Waals surface area contributed by atoms with Crippen molar-refractivity contribution >= 4 is 16.9 Å². The predicted octanol–water partition coefficient (Wildman–Crippen LogP) is 3.44. The van der Waals surface area contributed by atoms with Gasteiger partial charge in [0, 0.05) is 25.6 Å². The summed E-state index contributed by atoms with van der Waals surface area (Å²) in [6, 6.07) is 3.83. The molecule has 1 aromatic carbocycles. The summed E-state index contributed by atoms with van der Waals surface area (Å²) in [6.07, 6.45) is -4.45. The number of carbonyl (C=O) groups is 1. The topological polar surface area (TPSA) is 46.9 Å². The van der Waals surface area contributed by atoms with Gasteiger partial charge in [0.1, 0.15) is 18.1 Å². The number of nitrogens with zero attached hydrogens (tertiary/aromatic N) is 2. The summed E-state index contributed by atoms with van der Waals surface area (Å²) in [7, 11) is 0. The Morgan fingerprint density at radius 3 is 2.76 bits per heavy atom. The number of hydrogen-bond acceptors (Lipinski definition) is 2. The van der Waals surface area contributed by atoms with E-state index in [-0.39, 0.29) is 29.1 Å². The standard InChI is InChI=1S/C17H19F4N3O/c1-2-10(11-5-16(25)22-8-11)9-24-14-4-3-12(18)6-13(14)23-15(24)7-17(19,20)21/h3-4,6,10-11H,2,5,7-9H2,1H3,(H,22,25). The zero-order chi connectivity index (χ0) is 18.2. The molecule has 2 atom stereocenters. The molecular formula is C17H19F4N3O. The third-order valence-corrected chi connectivity index (χ3v) is 4.77. The molecule has 1 aliphatic heterocycles. The van der Waals surface area contributed by atoms with E-state index in [0.717, 1.165) is 12.5 Å². The summed E-state index contributed by atoms with van der Waals surface area (Å²) in [4.78, 5) is 15.5. The number of alkyl halides is 3. The molecular weight excluding hydrogens is 338 g/mol. The second kappa shape index (κ2) is 6.65. The van der Waals surface area contributed by atoms with Crippen LogP contribution in [0.25, 0.3) is 11.0 Å². The number of hydrogen-bond donors (Lipinski definition) is 1. The van der Waals surface area contributed by atoms with Gasteiger partial charge in [-0.2, -0.15) is 13.2 Å². The first kappa shape index (κ1) is 17.7. The number of fused-ring (bicyclic) bond motifs is 1. The van der Waals surface area contributed by atoms with Gasteiger partial charge in [-0.1, -0.05) is 13.3 Å². The Kier molecular flexibility index (Phi) is 4.71. The van der Waals surface area contributed by atoms with Crippen LogP contribution >= 0.6 is 0 Å². The molecule has 0 saturated carbocycles. The zero-order valence-corrected chi connectivity index (χ0v) is 13.7. The Balaban J connectivity index is 1.97. The maximum Gasteiger partial charge on any atom is 0.396 e. The summed E-state index contributed by atoms with van der Waals surface area (Å²) in [5.41, 5.74) is 0.700. The number of aromatic nitrogens is 2. The molecule has 136 valence electrons. The van der Waals surface area contributed by atoms with Crippen LogP contribution in [0.4, 0.5) is 17.6 Å². The van der Waals surface area contributed by atoms with Gasteiger partial charge in [0.15, 0.2) is 0 Å². The molecule has 1 N–H and O–H groups in total. The van der Waals surface area contributed by atoms with Crippen LogP contribution in [0.2, 0.25) is 0 Å². The van der Waals surface area contributed by atoms with Crippen LogP contribution in [-0.4, -0.2) is 28.2 Å². The van der Waals surface area contributed by atoms with E-state index < -0.39 is 18.4 Å². The molecule has 3 rings (SSSR count). The van der Waals surface area contributed by atoms with Crippen molar-refractivity contribution in [3.63, 3.8) is 0 Å². The van der Waals surface area contributed by atoms with E-state index in [1.165, 1.54) is 16.7 Å². The lowest BCUT2D eigenvalue weighted by Crippen LogP contribution is -2.24. The van der Waals surface area contributed by atoms with Crippen LogP contribution in [-0.2, 0) is 17.8 Å². The molecule has 0 spiro atoms. The SMILES string of the molecule is CCC(Cn1c(CC(F)(F)F)nc2cc(F)ccc21)C1CNC(=O)C1. The van der Waals surface area contributed by atoms with Gasteiger partial charge in [-0.15, -0.1) is 0 Å². The molecule has 0 bridgehead atoms. The molecule has 1 saturated heterocycles. The van der Waals surface area contributed by atoms with E-state index in [9.17, 15) is 22.4 Å². The van der Waals surface area contributed by atoms with Crippen molar-refractivity contribution in [1.82, 2.24) is 14.9 Å². The summed E-state index contributed by atoms with van der Waals surface area (Å²) in [5.74, 6) is -0.573. The van der Waals surface area contributed by atoms with Crippen LogP contribution in [0.1, 0.15) is 25.6 Å².